The minimum absolute atomic E-state index is 0.101. The summed E-state index contributed by atoms with van der Waals surface area (Å²) in [6.07, 6.45) is 6.36. The molecule has 0 N–H and O–H groups in total. The van der Waals surface area contributed by atoms with Crippen LogP contribution in [0.5, 0.6) is 5.88 Å². The van der Waals surface area contributed by atoms with E-state index in [-0.39, 0.29) is 22.9 Å². The lowest BCUT2D eigenvalue weighted by Gasteiger charge is -2.44. The van der Waals surface area contributed by atoms with Gasteiger partial charge in [-0.25, -0.2) is 13.4 Å². The van der Waals surface area contributed by atoms with Gasteiger partial charge in [0.25, 0.3) is 0 Å². The first kappa shape index (κ1) is 19.2. The van der Waals surface area contributed by atoms with Crippen molar-refractivity contribution in [1.29, 1.82) is 0 Å². The molecule has 1 aromatic rings. The van der Waals surface area contributed by atoms with Crippen molar-refractivity contribution >= 4 is 10.0 Å². The highest BCUT2D eigenvalue weighted by atomic mass is 32.2. The van der Waals surface area contributed by atoms with Gasteiger partial charge in [0, 0.05) is 23.8 Å². The number of aryl methyl sites for hydroxylation is 1. The second kappa shape index (κ2) is 7.33. The maximum atomic E-state index is 13.5. The molecular weight excluding hydrogens is 362 g/mol. The highest BCUT2D eigenvalue weighted by Crippen LogP contribution is 2.42. The smallest absolute Gasteiger partial charge is 0.248 e. The van der Waals surface area contributed by atoms with Crippen LogP contribution in [0.2, 0.25) is 0 Å². The van der Waals surface area contributed by atoms with Crippen molar-refractivity contribution in [2.75, 3.05) is 20.2 Å². The van der Waals surface area contributed by atoms with Gasteiger partial charge in [0.1, 0.15) is 4.90 Å². The van der Waals surface area contributed by atoms with Gasteiger partial charge in [-0.1, -0.05) is 6.92 Å². The van der Waals surface area contributed by atoms with E-state index in [0.717, 1.165) is 50.4 Å². The molecule has 4 heterocycles. The highest BCUT2D eigenvalue weighted by molar-refractivity contribution is 7.89. The van der Waals surface area contributed by atoms with Crippen LogP contribution in [0.4, 0.5) is 0 Å². The van der Waals surface area contributed by atoms with Gasteiger partial charge in [0.15, 0.2) is 0 Å². The van der Waals surface area contributed by atoms with Crippen LogP contribution in [-0.2, 0) is 10.0 Å². The van der Waals surface area contributed by atoms with E-state index in [2.05, 4.69) is 16.8 Å². The minimum Gasteiger partial charge on any atom is -0.480 e. The number of aromatic nitrogens is 1. The lowest BCUT2D eigenvalue weighted by Crippen LogP contribution is -2.53. The molecule has 0 spiro atoms. The Hall–Kier alpha value is -1.18. The molecule has 3 fully saturated rings. The Morgan fingerprint density at radius 3 is 2.26 bits per heavy atom. The predicted molar refractivity (Wildman–Crippen MR) is 104 cm³/mol. The van der Waals surface area contributed by atoms with Crippen LogP contribution in [0.1, 0.15) is 51.1 Å². The first-order valence-corrected chi connectivity index (χ1v) is 11.6. The summed E-state index contributed by atoms with van der Waals surface area (Å²) in [7, 11) is -2.11. The average molecular weight is 394 g/mol. The molecule has 7 heteroatoms. The number of fused-ring (bicyclic) bond motifs is 2. The van der Waals surface area contributed by atoms with Gasteiger partial charge >= 0.3 is 0 Å². The summed E-state index contributed by atoms with van der Waals surface area (Å²) >= 11 is 0. The highest BCUT2D eigenvalue weighted by Gasteiger charge is 2.49. The molecule has 0 aliphatic carbocycles. The molecular formula is C20H31N3O3S. The Morgan fingerprint density at radius 2 is 1.67 bits per heavy atom. The second-order valence-corrected chi connectivity index (χ2v) is 10.3. The summed E-state index contributed by atoms with van der Waals surface area (Å²) in [6.45, 7) is 6.49. The molecule has 0 radical (unpaired) electrons. The van der Waals surface area contributed by atoms with Gasteiger partial charge in [-0.15, -0.1) is 0 Å². The zero-order chi connectivity index (χ0) is 19.2. The number of sulfonamides is 1. The lowest BCUT2D eigenvalue weighted by atomic mass is 9.93. The molecule has 1 aromatic heterocycles. The van der Waals surface area contributed by atoms with E-state index in [1.807, 2.05) is 6.92 Å². The Kier molecular flexibility index (Phi) is 5.20. The van der Waals surface area contributed by atoms with Crippen molar-refractivity contribution in [1.82, 2.24) is 14.2 Å². The van der Waals surface area contributed by atoms with Crippen molar-refractivity contribution in [3.05, 3.63) is 17.8 Å². The fourth-order valence-corrected chi connectivity index (χ4v) is 7.15. The topological polar surface area (TPSA) is 62.7 Å². The van der Waals surface area contributed by atoms with Gasteiger partial charge < -0.3 is 9.64 Å². The van der Waals surface area contributed by atoms with Gasteiger partial charge in [-0.2, -0.15) is 4.31 Å². The average Bonchev–Trinajstić information content (AvgIpc) is 2.93. The molecule has 2 atom stereocenters. The maximum absolute atomic E-state index is 13.5. The quantitative estimate of drug-likeness (QED) is 0.787. The van der Waals surface area contributed by atoms with Crippen LogP contribution in [0.15, 0.2) is 17.0 Å². The van der Waals surface area contributed by atoms with Crippen LogP contribution in [-0.4, -0.2) is 60.9 Å². The third-order valence-corrected chi connectivity index (χ3v) is 8.71. The molecule has 0 aromatic carbocycles. The Bertz CT molecular complexity index is 776. The molecule has 2 bridgehead atoms. The third-order valence-electron chi connectivity index (χ3n) is 6.69. The van der Waals surface area contributed by atoms with Gasteiger partial charge in [0.05, 0.1) is 7.11 Å². The summed E-state index contributed by atoms with van der Waals surface area (Å²) in [5, 5.41) is 0. The summed E-state index contributed by atoms with van der Waals surface area (Å²) in [4.78, 5) is 7.10. The molecule has 3 saturated heterocycles. The first-order chi connectivity index (χ1) is 12.9. The molecule has 3 aliphatic rings. The number of nitrogens with zero attached hydrogens (tertiary/aromatic N) is 3. The number of pyridine rings is 1. The molecule has 0 amide bonds. The number of hydrogen-bond acceptors (Lipinski definition) is 5. The standard InChI is InChI=1S/C20H31N3O3S/c1-14-8-10-22(11-9-14)18-12-16-5-6-17(13-18)23(16)27(24,25)19-7-4-15(2)21-20(19)26-3/h4,7,14,16-18H,5-6,8-13H2,1-3H3. The predicted octanol–water partition coefficient (Wildman–Crippen LogP) is 2.81. The summed E-state index contributed by atoms with van der Waals surface area (Å²) in [5.41, 5.74) is 0.756. The fourth-order valence-electron chi connectivity index (χ4n) is 5.17. The summed E-state index contributed by atoms with van der Waals surface area (Å²) in [6, 6.07) is 4.13. The maximum Gasteiger partial charge on any atom is 0.248 e. The van der Waals surface area contributed by atoms with Gasteiger partial charge in [0.2, 0.25) is 15.9 Å². The summed E-state index contributed by atoms with van der Waals surface area (Å²) in [5.74, 6) is 1.03. The SMILES string of the molecule is COc1nc(C)ccc1S(=O)(=O)N1C2CCC1CC(N1CCC(C)CC1)C2. The molecule has 2 unspecified atom stereocenters. The van der Waals surface area contributed by atoms with E-state index in [9.17, 15) is 8.42 Å². The second-order valence-electron chi connectivity index (χ2n) is 8.52. The largest absolute Gasteiger partial charge is 0.480 e. The number of piperidine rings is 2. The number of hydrogen-bond donors (Lipinski definition) is 0. The van der Waals surface area contributed by atoms with Gasteiger partial charge in [-0.05, 0) is 76.6 Å². The van der Waals surface area contributed by atoms with E-state index in [0.29, 0.717) is 6.04 Å². The van der Waals surface area contributed by atoms with Crippen molar-refractivity contribution in [2.24, 2.45) is 5.92 Å². The Balaban J connectivity index is 1.56. The van der Waals surface area contributed by atoms with E-state index >= 15 is 0 Å². The van der Waals surface area contributed by atoms with Crippen LogP contribution in [0.25, 0.3) is 0 Å². The summed E-state index contributed by atoms with van der Waals surface area (Å²) < 4.78 is 34.0. The van der Waals surface area contributed by atoms with Crippen molar-refractivity contribution in [2.45, 2.75) is 75.4 Å². The molecule has 0 saturated carbocycles. The fraction of sp³-hybridized carbons (Fsp3) is 0.750. The van der Waals surface area contributed by atoms with E-state index in [4.69, 9.17) is 4.74 Å². The van der Waals surface area contributed by atoms with Gasteiger partial charge in [-0.3, -0.25) is 0 Å². The van der Waals surface area contributed by atoms with Crippen LogP contribution in [0.3, 0.4) is 0 Å². The molecule has 6 nitrogen and oxygen atoms in total. The lowest BCUT2D eigenvalue weighted by molar-refractivity contribution is 0.0759. The molecule has 4 rings (SSSR count). The zero-order valence-corrected chi connectivity index (χ0v) is 17.4. The zero-order valence-electron chi connectivity index (χ0n) is 16.6. The van der Waals surface area contributed by atoms with Crippen LogP contribution >= 0.6 is 0 Å². The molecule has 150 valence electrons. The van der Waals surface area contributed by atoms with Crippen molar-refractivity contribution in [3.8, 4) is 5.88 Å². The van der Waals surface area contributed by atoms with E-state index in [1.165, 1.54) is 20.0 Å². The van der Waals surface area contributed by atoms with Crippen LogP contribution < -0.4 is 4.74 Å². The van der Waals surface area contributed by atoms with E-state index in [1.54, 1.807) is 16.4 Å². The number of rotatable bonds is 4. The Labute approximate surface area is 163 Å². The minimum atomic E-state index is -3.59. The molecule has 3 aliphatic heterocycles. The Morgan fingerprint density at radius 1 is 1.04 bits per heavy atom. The number of methoxy groups -OCH3 is 1. The normalized spacial score (nSPS) is 30.6. The first-order valence-electron chi connectivity index (χ1n) is 10.2. The monoisotopic (exact) mass is 393 g/mol. The number of likely N-dealkylation sites (tertiary alicyclic amines) is 1. The van der Waals surface area contributed by atoms with Crippen molar-refractivity contribution in [3.63, 3.8) is 0 Å². The third kappa shape index (κ3) is 3.49. The van der Waals surface area contributed by atoms with E-state index < -0.39 is 10.0 Å². The van der Waals surface area contributed by atoms with Crippen molar-refractivity contribution < 1.29 is 13.2 Å². The van der Waals surface area contributed by atoms with Crippen LogP contribution in [0, 0.1) is 12.8 Å². The number of ether oxygens (including phenoxy) is 1. The molecule has 27 heavy (non-hydrogen) atoms.